The van der Waals surface area contributed by atoms with E-state index in [0.717, 1.165) is 22.2 Å². The summed E-state index contributed by atoms with van der Waals surface area (Å²) in [6, 6.07) is 7.88. The molecule has 0 aliphatic carbocycles. The molecule has 118 valence electrons. The first-order valence-electron chi connectivity index (χ1n) is 7.47. The molecule has 0 atom stereocenters. The van der Waals surface area contributed by atoms with Crippen LogP contribution in [0.1, 0.15) is 25.1 Å². The third-order valence-corrected chi connectivity index (χ3v) is 4.12. The fourth-order valence-corrected chi connectivity index (χ4v) is 2.68. The summed E-state index contributed by atoms with van der Waals surface area (Å²) in [5, 5.41) is 6.20. The minimum absolute atomic E-state index is 0.00899. The summed E-state index contributed by atoms with van der Waals surface area (Å²) in [7, 11) is 0. The Bertz CT molecular complexity index is 843. The molecule has 0 spiro atoms. The van der Waals surface area contributed by atoms with Gasteiger partial charge in [0.05, 0.1) is 6.54 Å². The molecule has 1 fully saturated rings. The van der Waals surface area contributed by atoms with Gasteiger partial charge in [-0.05, 0) is 12.1 Å². The molecule has 1 saturated heterocycles. The second-order valence-corrected chi connectivity index (χ2v) is 6.17. The zero-order chi connectivity index (χ0) is 16.6. The smallest absolute Gasteiger partial charge is 0.268 e. The maximum absolute atomic E-state index is 12.0. The highest BCUT2D eigenvalue weighted by molar-refractivity contribution is 6.07. The molecular weight excluding hydrogens is 290 g/mol. The number of carbonyl (C=O) groups excluding carboxylic acids is 2. The maximum Gasteiger partial charge on any atom is 0.268 e. The largest absolute Gasteiger partial charge is 0.357 e. The van der Waals surface area contributed by atoms with Crippen LogP contribution < -0.4 is 10.6 Å². The van der Waals surface area contributed by atoms with Crippen molar-refractivity contribution in [2.75, 3.05) is 6.54 Å². The summed E-state index contributed by atoms with van der Waals surface area (Å²) in [5.41, 5.74) is 2.77. The van der Waals surface area contributed by atoms with Gasteiger partial charge in [-0.15, -0.1) is 6.58 Å². The number of fused-ring (bicyclic) bond motifs is 1. The maximum atomic E-state index is 12.0. The third kappa shape index (κ3) is 2.65. The van der Waals surface area contributed by atoms with Gasteiger partial charge in [-0.25, -0.2) is 0 Å². The van der Waals surface area contributed by atoms with E-state index in [4.69, 9.17) is 0 Å². The Balaban J connectivity index is 2.22. The SMILES string of the molecule is C=CC(C)(C)c1[nH]c2ccccc2c1/C=C1\NC(=O)CNC1=O. The molecule has 5 heteroatoms. The molecule has 2 aromatic rings. The topological polar surface area (TPSA) is 74.0 Å². The molecule has 0 radical (unpaired) electrons. The zero-order valence-electron chi connectivity index (χ0n) is 13.2. The van der Waals surface area contributed by atoms with E-state index in [0.29, 0.717) is 0 Å². The molecule has 1 aromatic carbocycles. The number of aromatic amines is 1. The highest BCUT2D eigenvalue weighted by atomic mass is 16.2. The first-order valence-corrected chi connectivity index (χ1v) is 7.47. The molecule has 1 aromatic heterocycles. The van der Waals surface area contributed by atoms with Gasteiger partial charge in [-0.1, -0.05) is 38.1 Å². The van der Waals surface area contributed by atoms with E-state index in [-0.39, 0.29) is 29.5 Å². The Morgan fingerprint density at radius 1 is 1.22 bits per heavy atom. The van der Waals surface area contributed by atoms with Crippen molar-refractivity contribution in [2.24, 2.45) is 0 Å². The van der Waals surface area contributed by atoms with Crippen LogP contribution in [0, 0.1) is 0 Å². The Morgan fingerprint density at radius 2 is 1.96 bits per heavy atom. The lowest BCUT2D eigenvalue weighted by atomic mass is 9.86. The molecule has 3 rings (SSSR count). The first-order chi connectivity index (χ1) is 10.9. The van der Waals surface area contributed by atoms with Gasteiger partial charge in [0.25, 0.3) is 5.91 Å². The van der Waals surface area contributed by atoms with Gasteiger partial charge < -0.3 is 15.6 Å². The standard InChI is InChI=1S/C18H19N3O2/c1-4-18(2,3)16-12(11-7-5-6-8-13(11)21-16)9-14-17(23)19-10-15(22)20-14/h4-9,21H,1,10H2,2-3H3,(H,19,23)(H,20,22)/b14-9-. The third-order valence-electron chi connectivity index (χ3n) is 4.12. The number of para-hydroxylation sites is 1. The number of benzene rings is 1. The Morgan fingerprint density at radius 3 is 2.70 bits per heavy atom. The predicted octanol–water partition coefficient (Wildman–Crippen LogP) is 2.22. The van der Waals surface area contributed by atoms with E-state index in [1.165, 1.54) is 0 Å². The molecule has 5 nitrogen and oxygen atoms in total. The number of allylic oxidation sites excluding steroid dienone is 1. The van der Waals surface area contributed by atoms with Gasteiger partial charge >= 0.3 is 0 Å². The molecule has 2 amide bonds. The molecule has 0 bridgehead atoms. The molecule has 23 heavy (non-hydrogen) atoms. The lowest BCUT2D eigenvalue weighted by Gasteiger charge is -2.21. The number of rotatable bonds is 3. The van der Waals surface area contributed by atoms with Crippen LogP contribution in [-0.4, -0.2) is 23.3 Å². The monoisotopic (exact) mass is 309 g/mol. The Labute approximate surface area is 134 Å². The predicted molar refractivity (Wildman–Crippen MR) is 90.7 cm³/mol. The second kappa shape index (κ2) is 5.43. The van der Waals surface area contributed by atoms with Crippen molar-refractivity contribution in [3.8, 4) is 0 Å². The number of hydrogen-bond donors (Lipinski definition) is 3. The number of piperazine rings is 1. The van der Waals surface area contributed by atoms with Crippen LogP contribution in [0.3, 0.4) is 0 Å². The van der Waals surface area contributed by atoms with Crippen molar-refractivity contribution < 1.29 is 9.59 Å². The number of nitrogens with one attached hydrogen (secondary N) is 3. The highest BCUT2D eigenvalue weighted by Gasteiger charge is 2.25. The zero-order valence-corrected chi connectivity index (χ0v) is 13.2. The van der Waals surface area contributed by atoms with Gasteiger partial charge in [0.15, 0.2) is 0 Å². The minimum atomic E-state index is -0.305. The average Bonchev–Trinajstić information content (AvgIpc) is 2.91. The van der Waals surface area contributed by atoms with Crippen LogP contribution in [0.4, 0.5) is 0 Å². The average molecular weight is 309 g/mol. The van der Waals surface area contributed by atoms with Crippen molar-refractivity contribution in [1.29, 1.82) is 0 Å². The molecule has 1 aliphatic rings. The van der Waals surface area contributed by atoms with E-state index in [1.807, 2.05) is 44.2 Å². The summed E-state index contributed by atoms with van der Waals surface area (Å²) < 4.78 is 0. The van der Waals surface area contributed by atoms with E-state index in [2.05, 4.69) is 22.2 Å². The fourth-order valence-electron chi connectivity index (χ4n) is 2.68. The minimum Gasteiger partial charge on any atom is -0.357 e. The second-order valence-electron chi connectivity index (χ2n) is 6.17. The van der Waals surface area contributed by atoms with Crippen molar-refractivity contribution in [1.82, 2.24) is 15.6 Å². The van der Waals surface area contributed by atoms with Crippen LogP contribution in [0.15, 0.2) is 42.6 Å². The number of amides is 2. The van der Waals surface area contributed by atoms with Gasteiger partial charge in [-0.3, -0.25) is 9.59 Å². The molecular formula is C18H19N3O2. The summed E-state index contributed by atoms with van der Waals surface area (Å²) in [6.45, 7) is 8.01. The van der Waals surface area contributed by atoms with Gasteiger partial charge in [0.1, 0.15) is 5.70 Å². The Kier molecular flexibility index (Phi) is 3.56. The molecule has 2 heterocycles. The van der Waals surface area contributed by atoms with Crippen molar-refractivity contribution in [2.45, 2.75) is 19.3 Å². The van der Waals surface area contributed by atoms with E-state index < -0.39 is 0 Å². The number of carbonyl (C=O) groups is 2. The normalized spacial score (nSPS) is 17.2. The van der Waals surface area contributed by atoms with Gasteiger partial charge in [0, 0.05) is 27.6 Å². The molecule has 0 saturated carbocycles. The fraction of sp³-hybridized carbons (Fsp3) is 0.222. The molecule has 0 unspecified atom stereocenters. The Hall–Kier alpha value is -2.82. The number of H-pyrrole nitrogens is 1. The van der Waals surface area contributed by atoms with Crippen LogP contribution in [0.2, 0.25) is 0 Å². The summed E-state index contributed by atoms with van der Waals surface area (Å²) in [5.74, 6) is -0.502. The lowest BCUT2D eigenvalue weighted by Crippen LogP contribution is -2.46. The van der Waals surface area contributed by atoms with Crippen LogP contribution in [-0.2, 0) is 15.0 Å². The summed E-state index contributed by atoms with van der Waals surface area (Å²) >= 11 is 0. The number of aromatic nitrogens is 1. The summed E-state index contributed by atoms with van der Waals surface area (Å²) in [6.07, 6.45) is 3.59. The van der Waals surface area contributed by atoms with E-state index in [9.17, 15) is 9.59 Å². The summed E-state index contributed by atoms with van der Waals surface area (Å²) in [4.78, 5) is 27.0. The van der Waals surface area contributed by atoms with Crippen LogP contribution in [0.5, 0.6) is 0 Å². The highest BCUT2D eigenvalue weighted by Crippen LogP contribution is 2.33. The molecule has 3 N–H and O–H groups in total. The van der Waals surface area contributed by atoms with E-state index in [1.54, 1.807) is 6.08 Å². The molecule has 1 aliphatic heterocycles. The van der Waals surface area contributed by atoms with Gasteiger partial charge in [-0.2, -0.15) is 0 Å². The van der Waals surface area contributed by atoms with Crippen molar-refractivity contribution in [3.05, 3.63) is 53.9 Å². The van der Waals surface area contributed by atoms with Gasteiger partial charge in [0.2, 0.25) is 5.91 Å². The van der Waals surface area contributed by atoms with Crippen molar-refractivity contribution >= 4 is 28.8 Å². The lowest BCUT2D eigenvalue weighted by molar-refractivity contribution is -0.127. The number of hydrogen-bond acceptors (Lipinski definition) is 2. The van der Waals surface area contributed by atoms with Crippen LogP contribution in [0.25, 0.3) is 17.0 Å². The van der Waals surface area contributed by atoms with Crippen LogP contribution >= 0.6 is 0 Å². The van der Waals surface area contributed by atoms with Crippen molar-refractivity contribution in [3.63, 3.8) is 0 Å². The first kappa shape index (κ1) is 15.1. The van der Waals surface area contributed by atoms with E-state index >= 15 is 0 Å². The quantitative estimate of drug-likeness (QED) is 0.601.